The van der Waals surface area contributed by atoms with Crippen molar-refractivity contribution in [2.45, 2.75) is 79.9 Å². The fourth-order valence-electron chi connectivity index (χ4n) is 4.46. The predicted molar refractivity (Wildman–Crippen MR) is 148 cm³/mol. The molecule has 0 spiro atoms. The SMILES string of the molecule is CC(C=C[C@@H]1CC=CC(=O)O1)=CC(C)CC=CC(C)=CC(C)C(=O)C(C)C(O)C(C)CC(C)=CC(=O)O. The zero-order valence-electron chi connectivity index (χ0n) is 23.3. The van der Waals surface area contributed by atoms with Gasteiger partial charge in [0.2, 0.25) is 0 Å². The quantitative estimate of drug-likeness (QED) is 0.164. The molecule has 0 saturated carbocycles. The smallest absolute Gasteiger partial charge is 0.331 e. The molecule has 0 saturated heterocycles. The first-order valence-electron chi connectivity index (χ1n) is 13.0. The van der Waals surface area contributed by atoms with Crippen molar-refractivity contribution < 1.29 is 29.3 Å². The van der Waals surface area contributed by atoms with Gasteiger partial charge in [-0.05, 0) is 51.5 Å². The number of hydrogen-bond donors (Lipinski definition) is 2. The number of ketones is 1. The second-order valence-corrected chi connectivity index (χ2v) is 10.4. The number of allylic oxidation sites excluding steroid dienone is 8. The van der Waals surface area contributed by atoms with Gasteiger partial charge < -0.3 is 14.9 Å². The number of cyclic esters (lactones) is 1. The number of rotatable bonds is 14. The van der Waals surface area contributed by atoms with Crippen LogP contribution in [0.4, 0.5) is 0 Å². The van der Waals surface area contributed by atoms with Gasteiger partial charge in [0, 0.05) is 30.4 Å². The van der Waals surface area contributed by atoms with Crippen LogP contribution in [0, 0.1) is 23.7 Å². The summed E-state index contributed by atoms with van der Waals surface area (Å²) in [6.07, 6.45) is 17.4. The Bertz CT molecular complexity index is 978. The van der Waals surface area contributed by atoms with Gasteiger partial charge >= 0.3 is 11.9 Å². The van der Waals surface area contributed by atoms with E-state index in [4.69, 9.17) is 9.84 Å². The summed E-state index contributed by atoms with van der Waals surface area (Å²) in [4.78, 5) is 35.0. The van der Waals surface area contributed by atoms with E-state index >= 15 is 0 Å². The first-order chi connectivity index (χ1) is 17.3. The third kappa shape index (κ3) is 12.7. The van der Waals surface area contributed by atoms with Crippen LogP contribution in [0.1, 0.15) is 67.7 Å². The molecule has 0 bridgehead atoms. The molecule has 6 heteroatoms. The molecular formula is C31H44O6. The Morgan fingerprint density at radius 3 is 2.35 bits per heavy atom. The van der Waals surface area contributed by atoms with Crippen LogP contribution in [0.25, 0.3) is 0 Å². The fraction of sp³-hybridized carbons (Fsp3) is 0.516. The van der Waals surface area contributed by atoms with Gasteiger partial charge in [0.25, 0.3) is 0 Å². The number of aliphatic hydroxyl groups is 1. The molecule has 0 amide bonds. The topological polar surface area (TPSA) is 101 Å². The maximum atomic E-state index is 12.9. The average Bonchev–Trinajstić information content (AvgIpc) is 2.80. The summed E-state index contributed by atoms with van der Waals surface area (Å²) in [5.74, 6) is -2.16. The van der Waals surface area contributed by atoms with E-state index in [1.807, 2.05) is 58.1 Å². The molecule has 1 aliphatic heterocycles. The van der Waals surface area contributed by atoms with Crippen LogP contribution in [0.15, 0.2) is 71.4 Å². The summed E-state index contributed by atoms with van der Waals surface area (Å²) in [7, 11) is 0. The molecule has 0 radical (unpaired) electrons. The van der Waals surface area contributed by atoms with E-state index in [0.29, 0.717) is 24.3 Å². The highest BCUT2D eigenvalue weighted by molar-refractivity contribution is 5.85. The van der Waals surface area contributed by atoms with E-state index in [1.165, 1.54) is 6.08 Å². The molecular weight excluding hydrogens is 468 g/mol. The third-order valence-electron chi connectivity index (χ3n) is 6.42. The Balaban J connectivity index is 2.60. The molecule has 0 aromatic rings. The third-order valence-corrected chi connectivity index (χ3v) is 6.42. The number of hydrogen-bond acceptors (Lipinski definition) is 5. The van der Waals surface area contributed by atoms with Crippen LogP contribution < -0.4 is 0 Å². The molecule has 37 heavy (non-hydrogen) atoms. The van der Waals surface area contributed by atoms with Crippen LogP contribution in [0.2, 0.25) is 0 Å². The highest BCUT2D eigenvalue weighted by atomic mass is 16.5. The van der Waals surface area contributed by atoms with Crippen LogP contribution in [-0.4, -0.2) is 40.1 Å². The maximum absolute atomic E-state index is 12.9. The van der Waals surface area contributed by atoms with Crippen molar-refractivity contribution in [3.05, 3.63) is 71.4 Å². The van der Waals surface area contributed by atoms with Gasteiger partial charge in [-0.15, -0.1) is 0 Å². The summed E-state index contributed by atoms with van der Waals surface area (Å²) in [6, 6.07) is 0. The van der Waals surface area contributed by atoms with Crippen molar-refractivity contribution in [1.82, 2.24) is 0 Å². The molecule has 0 aromatic carbocycles. The van der Waals surface area contributed by atoms with Gasteiger partial charge in [-0.2, -0.15) is 0 Å². The highest BCUT2D eigenvalue weighted by Crippen LogP contribution is 2.24. The summed E-state index contributed by atoms with van der Waals surface area (Å²) in [6.45, 7) is 13.2. The lowest BCUT2D eigenvalue weighted by Crippen LogP contribution is -2.34. The summed E-state index contributed by atoms with van der Waals surface area (Å²) in [5, 5.41) is 19.5. The largest absolute Gasteiger partial charge is 0.478 e. The van der Waals surface area contributed by atoms with Crippen molar-refractivity contribution in [2.75, 3.05) is 0 Å². The fourth-order valence-corrected chi connectivity index (χ4v) is 4.46. The van der Waals surface area contributed by atoms with Crippen molar-refractivity contribution in [2.24, 2.45) is 23.7 Å². The Kier molecular flexibility index (Phi) is 13.8. The van der Waals surface area contributed by atoms with E-state index in [9.17, 15) is 19.5 Å². The number of carbonyl (C=O) groups excluding carboxylic acids is 2. The lowest BCUT2D eigenvalue weighted by atomic mass is 9.83. The molecule has 0 aromatic heterocycles. The Morgan fingerprint density at radius 1 is 1.08 bits per heavy atom. The van der Waals surface area contributed by atoms with E-state index < -0.39 is 18.0 Å². The normalized spacial score (nSPS) is 21.6. The molecule has 2 N–H and O–H groups in total. The van der Waals surface area contributed by atoms with Crippen LogP contribution in [0.3, 0.4) is 0 Å². The van der Waals surface area contributed by atoms with Crippen molar-refractivity contribution in [1.29, 1.82) is 0 Å². The average molecular weight is 513 g/mol. The second-order valence-electron chi connectivity index (χ2n) is 10.4. The van der Waals surface area contributed by atoms with E-state index in [2.05, 4.69) is 19.1 Å². The molecule has 6 atom stereocenters. The van der Waals surface area contributed by atoms with E-state index in [-0.39, 0.29) is 29.7 Å². The predicted octanol–water partition coefficient (Wildman–Crippen LogP) is 6.15. The van der Waals surface area contributed by atoms with Crippen LogP contribution >= 0.6 is 0 Å². The van der Waals surface area contributed by atoms with Crippen LogP contribution in [0.5, 0.6) is 0 Å². The van der Waals surface area contributed by atoms with Gasteiger partial charge in [0.05, 0.1) is 6.10 Å². The number of ether oxygens (including phenoxy) is 1. The number of aliphatic carboxylic acids is 1. The lowest BCUT2D eigenvalue weighted by molar-refractivity contribution is -0.141. The molecule has 204 valence electrons. The molecule has 6 nitrogen and oxygen atoms in total. The number of aliphatic hydroxyl groups excluding tert-OH is 1. The van der Waals surface area contributed by atoms with Crippen molar-refractivity contribution in [3.8, 4) is 0 Å². The minimum absolute atomic E-state index is 0.0372. The van der Waals surface area contributed by atoms with Crippen LogP contribution in [-0.2, 0) is 19.1 Å². The maximum Gasteiger partial charge on any atom is 0.331 e. The van der Waals surface area contributed by atoms with Crippen molar-refractivity contribution in [3.63, 3.8) is 0 Å². The van der Waals surface area contributed by atoms with Gasteiger partial charge in [-0.3, -0.25) is 4.79 Å². The highest BCUT2D eigenvalue weighted by Gasteiger charge is 2.29. The molecule has 1 heterocycles. The molecule has 1 rings (SSSR count). The first-order valence-corrected chi connectivity index (χ1v) is 13.0. The number of esters is 1. The molecule has 0 aliphatic carbocycles. The van der Waals surface area contributed by atoms with Gasteiger partial charge in [-0.25, -0.2) is 9.59 Å². The minimum Gasteiger partial charge on any atom is -0.478 e. The zero-order chi connectivity index (χ0) is 28.1. The lowest BCUT2D eigenvalue weighted by Gasteiger charge is -2.25. The number of carbonyl (C=O) groups is 3. The molecule has 5 unspecified atom stereocenters. The Hall–Kier alpha value is -2.99. The number of carboxylic acid groups (broad SMARTS) is 1. The summed E-state index contributed by atoms with van der Waals surface area (Å²) < 4.78 is 5.23. The summed E-state index contributed by atoms with van der Waals surface area (Å²) in [5.41, 5.74) is 2.75. The zero-order valence-corrected chi connectivity index (χ0v) is 23.3. The molecule has 0 fully saturated rings. The van der Waals surface area contributed by atoms with Crippen molar-refractivity contribution >= 4 is 17.7 Å². The number of carboxylic acids is 1. The minimum atomic E-state index is -1.01. The van der Waals surface area contributed by atoms with Gasteiger partial charge in [0.1, 0.15) is 11.9 Å². The van der Waals surface area contributed by atoms with Gasteiger partial charge in [-0.1, -0.05) is 80.9 Å². The Labute approximate surface area is 222 Å². The number of Topliss-reactive ketones (excluding diaryl/α,β-unsaturated/α-hetero) is 1. The molecule has 1 aliphatic rings. The van der Waals surface area contributed by atoms with E-state index in [1.54, 1.807) is 13.8 Å². The summed E-state index contributed by atoms with van der Waals surface area (Å²) >= 11 is 0. The monoisotopic (exact) mass is 512 g/mol. The van der Waals surface area contributed by atoms with Gasteiger partial charge in [0.15, 0.2) is 0 Å². The first kappa shape index (κ1) is 32.0. The second kappa shape index (κ2) is 16.0. The van der Waals surface area contributed by atoms with E-state index in [0.717, 1.165) is 23.6 Å². The standard InChI is InChI=1S/C31H44O6/c1-20(16-22(3)14-15-27-12-9-13-29(34)37-27)10-8-11-21(2)17-24(5)30(35)26(7)31(36)25(6)18-23(4)19-28(32)33/h8-9,11,13-17,19-20,24-27,31,36H,10,12,18H2,1-7H3,(H,32,33)/t20?,24?,25?,26?,27-,31?/m0/s1. The Morgan fingerprint density at radius 2 is 1.73 bits per heavy atom.